The van der Waals surface area contributed by atoms with E-state index >= 15 is 0 Å². The SMILES string of the molecule is CN=C(NCCCC(=O)N1Cc2ccccc2C1)NC1CCN(C(=O)C2CCCC2)C1. The minimum atomic E-state index is 0.206. The lowest BCUT2D eigenvalue weighted by molar-refractivity contribution is -0.134. The summed E-state index contributed by atoms with van der Waals surface area (Å²) in [6.07, 6.45) is 6.74. The zero-order valence-electron chi connectivity index (χ0n) is 18.6. The summed E-state index contributed by atoms with van der Waals surface area (Å²) < 4.78 is 0. The van der Waals surface area contributed by atoms with Gasteiger partial charge in [-0.2, -0.15) is 0 Å². The molecule has 1 aromatic rings. The molecule has 168 valence electrons. The van der Waals surface area contributed by atoms with E-state index in [9.17, 15) is 9.59 Å². The Hall–Kier alpha value is -2.57. The molecule has 0 bridgehead atoms. The molecule has 2 amide bonds. The molecule has 2 aliphatic heterocycles. The Morgan fingerprint density at radius 2 is 1.77 bits per heavy atom. The van der Waals surface area contributed by atoms with Crippen molar-refractivity contribution < 1.29 is 9.59 Å². The minimum absolute atomic E-state index is 0.206. The summed E-state index contributed by atoms with van der Waals surface area (Å²) in [5, 5.41) is 6.77. The number of hydrogen-bond acceptors (Lipinski definition) is 3. The molecule has 1 unspecified atom stereocenters. The number of rotatable bonds is 6. The van der Waals surface area contributed by atoms with E-state index in [4.69, 9.17) is 0 Å². The lowest BCUT2D eigenvalue weighted by Crippen LogP contribution is -2.45. The average Bonchev–Trinajstić information content (AvgIpc) is 3.55. The highest BCUT2D eigenvalue weighted by atomic mass is 16.2. The second-order valence-corrected chi connectivity index (χ2v) is 9.02. The summed E-state index contributed by atoms with van der Waals surface area (Å²) in [7, 11) is 1.76. The van der Waals surface area contributed by atoms with Crippen molar-refractivity contribution >= 4 is 17.8 Å². The zero-order valence-corrected chi connectivity index (χ0v) is 18.6. The third-order valence-corrected chi connectivity index (χ3v) is 6.82. The first-order chi connectivity index (χ1) is 15.1. The number of nitrogens with one attached hydrogen (secondary N) is 2. The van der Waals surface area contributed by atoms with Crippen LogP contribution >= 0.6 is 0 Å². The number of fused-ring (bicyclic) bond motifs is 1. The molecule has 3 aliphatic rings. The predicted octanol–water partition coefficient (Wildman–Crippen LogP) is 2.27. The van der Waals surface area contributed by atoms with Crippen LogP contribution in [0.1, 0.15) is 56.1 Å². The molecule has 7 nitrogen and oxygen atoms in total. The number of amides is 2. The molecule has 1 aromatic carbocycles. The maximum atomic E-state index is 12.6. The van der Waals surface area contributed by atoms with E-state index in [1.165, 1.54) is 24.0 Å². The molecular weight excluding hydrogens is 390 g/mol. The van der Waals surface area contributed by atoms with Gasteiger partial charge in [0.25, 0.3) is 0 Å². The van der Waals surface area contributed by atoms with E-state index in [2.05, 4.69) is 27.8 Å². The first-order valence-corrected chi connectivity index (χ1v) is 11.7. The summed E-state index contributed by atoms with van der Waals surface area (Å²) in [5.74, 6) is 1.54. The summed E-state index contributed by atoms with van der Waals surface area (Å²) in [4.78, 5) is 33.4. The van der Waals surface area contributed by atoms with Gasteiger partial charge in [-0.15, -0.1) is 0 Å². The van der Waals surface area contributed by atoms with Gasteiger partial charge in [-0.05, 0) is 36.8 Å². The Kier molecular flexibility index (Phi) is 7.10. The molecule has 1 saturated heterocycles. The van der Waals surface area contributed by atoms with Crippen molar-refractivity contribution in [1.82, 2.24) is 20.4 Å². The standard InChI is InChI=1S/C24H35N5O2/c1-25-24(27-21-12-14-28(17-21)23(31)18-7-2-3-8-18)26-13-6-11-22(30)29-15-19-9-4-5-10-20(19)16-29/h4-5,9-10,18,21H,2-3,6-8,11-17H2,1H3,(H2,25,26,27). The van der Waals surface area contributed by atoms with Gasteiger partial charge >= 0.3 is 0 Å². The lowest BCUT2D eigenvalue weighted by Gasteiger charge is -2.21. The van der Waals surface area contributed by atoms with Gasteiger partial charge in [0.1, 0.15) is 0 Å². The van der Waals surface area contributed by atoms with Gasteiger partial charge in [-0.1, -0.05) is 37.1 Å². The van der Waals surface area contributed by atoms with Crippen molar-refractivity contribution in [3.8, 4) is 0 Å². The van der Waals surface area contributed by atoms with Gasteiger partial charge in [0.15, 0.2) is 5.96 Å². The monoisotopic (exact) mass is 425 g/mol. The van der Waals surface area contributed by atoms with Crippen molar-refractivity contribution in [1.29, 1.82) is 0 Å². The molecule has 0 spiro atoms. The number of likely N-dealkylation sites (tertiary alicyclic amines) is 1. The number of hydrogen-bond donors (Lipinski definition) is 2. The molecule has 2 N–H and O–H groups in total. The van der Waals surface area contributed by atoms with Crippen LogP contribution in [0.2, 0.25) is 0 Å². The molecule has 2 heterocycles. The number of benzene rings is 1. The van der Waals surface area contributed by atoms with Crippen molar-refractivity contribution in [3.05, 3.63) is 35.4 Å². The number of aliphatic imine (C=N–C) groups is 1. The molecule has 1 atom stereocenters. The van der Waals surface area contributed by atoms with Crippen molar-refractivity contribution in [2.24, 2.45) is 10.9 Å². The van der Waals surface area contributed by atoms with E-state index < -0.39 is 0 Å². The van der Waals surface area contributed by atoms with E-state index in [1.54, 1.807) is 7.05 Å². The molecule has 0 radical (unpaired) electrons. The third kappa shape index (κ3) is 5.38. The van der Waals surface area contributed by atoms with Gasteiger partial charge in [-0.3, -0.25) is 14.6 Å². The van der Waals surface area contributed by atoms with Crippen LogP contribution < -0.4 is 10.6 Å². The van der Waals surface area contributed by atoms with Gasteiger partial charge in [-0.25, -0.2) is 0 Å². The molecule has 4 rings (SSSR count). The fourth-order valence-electron chi connectivity index (χ4n) is 5.01. The molecule has 1 aliphatic carbocycles. The van der Waals surface area contributed by atoms with Crippen molar-refractivity contribution in [2.45, 2.75) is 64.1 Å². The Bertz CT molecular complexity index is 793. The van der Waals surface area contributed by atoms with Crippen LogP contribution in [0.15, 0.2) is 29.3 Å². The molecule has 1 saturated carbocycles. The summed E-state index contributed by atoms with van der Waals surface area (Å²) in [5.41, 5.74) is 2.52. The van der Waals surface area contributed by atoms with Crippen LogP contribution in [0.4, 0.5) is 0 Å². The Morgan fingerprint density at radius 1 is 1.06 bits per heavy atom. The van der Waals surface area contributed by atoms with Crippen LogP contribution in [0.25, 0.3) is 0 Å². The van der Waals surface area contributed by atoms with Crippen LogP contribution in [0, 0.1) is 5.92 Å². The number of guanidine groups is 1. The fraction of sp³-hybridized carbons (Fsp3) is 0.625. The van der Waals surface area contributed by atoms with Gasteiger partial charge in [0, 0.05) is 58.2 Å². The highest BCUT2D eigenvalue weighted by Gasteiger charge is 2.32. The highest BCUT2D eigenvalue weighted by Crippen LogP contribution is 2.28. The summed E-state index contributed by atoms with van der Waals surface area (Å²) in [6.45, 7) is 3.73. The molecule has 2 fully saturated rings. The lowest BCUT2D eigenvalue weighted by atomic mass is 10.1. The average molecular weight is 426 g/mol. The second kappa shape index (κ2) is 10.2. The quantitative estimate of drug-likeness (QED) is 0.416. The Labute approximate surface area is 185 Å². The zero-order chi connectivity index (χ0) is 21.6. The van der Waals surface area contributed by atoms with Crippen molar-refractivity contribution in [2.75, 3.05) is 26.7 Å². The molecular formula is C24H35N5O2. The number of nitrogens with zero attached hydrogens (tertiary/aromatic N) is 3. The highest BCUT2D eigenvalue weighted by molar-refractivity contribution is 5.81. The minimum Gasteiger partial charge on any atom is -0.356 e. The summed E-state index contributed by atoms with van der Waals surface area (Å²) >= 11 is 0. The third-order valence-electron chi connectivity index (χ3n) is 6.82. The van der Waals surface area contributed by atoms with E-state index in [-0.39, 0.29) is 17.9 Å². The molecule has 31 heavy (non-hydrogen) atoms. The van der Waals surface area contributed by atoms with Gasteiger partial charge in [0.2, 0.25) is 11.8 Å². The topological polar surface area (TPSA) is 77.0 Å². The van der Waals surface area contributed by atoms with E-state index in [0.717, 1.165) is 57.8 Å². The smallest absolute Gasteiger partial charge is 0.225 e. The predicted molar refractivity (Wildman–Crippen MR) is 121 cm³/mol. The van der Waals surface area contributed by atoms with Crippen LogP contribution in [0.5, 0.6) is 0 Å². The summed E-state index contributed by atoms with van der Waals surface area (Å²) in [6, 6.07) is 8.50. The van der Waals surface area contributed by atoms with E-state index in [0.29, 0.717) is 18.9 Å². The Balaban J connectivity index is 1.14. The first kappa shape index (κ1) is 21.7. The van der Waals surface area contributed by atoms with Gasteiger partial charge in [0.05, 0.1) is 0 Å². The molecule has 7 heteroatoms. The number of carbonyl (C=O) groups is 2. The largest absolute Gasteiger partial charge is 0.356 e. The van der Waals surface area contributed by atoms with Crippen LogP contribution in [-0.4, -0.2) is 60.3 Å². The van der Waals surface area contributed by atoms with Crippen LogP contribution in [0.3, 0.4) is 0 Å². The van der Waals surface area contributed by atoms with Crippen molar-refractivity contribution in [3.63, 3.8) is 0 Å². The first-order valence-electron chi connectivity index (χ1n) is 11.7. The molecule has 0 aromatic heterocycles. The fourth-order valence-corrected chi connectivity index (χ4v) is 5.01. The van der Waals surface area contributed by atoms with Gasteiger partial charge < -0.3 is 20.4 Å². The number of carbonyl (C=O) groups excluding carboxylic acids is 2. The normalized spacial score (nSPS) is 21.5. The second-order valence-electron chi connectivity index (χ2n) is 9.02. The van der Waals surface area contributed by atoms with E-state index in [1.807, 2.05) is 21.9 Å². The Morgan fingerprint density at radius 3 is 2.45 bits per heavy atom. The maximum absolute atomic E-state index is 12.6. The van der Waals surface area contributed by atoms with Crippen LogP contribution in [-0.2, 0) is 22.7 Å². The maximum Gasteiger partial charge on any atom is 0.225 e.